The zero-order valence-electron chi connectivity index (χ0n) is 5.79. The van der Waals surface area contributed by atoms with E-state index in [1.807, 2.05) is 11.0 Å². The highest BCUT2D eigenvalue weighted by atomic mass is 35.5. The van der Waals surface area contributed by atoms with Crippen LogP contribution in [0, 0.1) is 0 Å². The van der Waals surface area contributed by atoms with E-state index >= 15 is 0 Å². The molecule has 1 atom stereocenters. The molecule has 2 nitrogen and oxygen atoms in total. The number of hydrogen-bond donors (Lipinski definition) is 0. The Balaban J connectivity index is 2.60. The van der Waals surface area contributed by atoms with Crippen LogP contribution in [0.2, 0.25) is 0 Å². The molecule has 0 bridgehead atoms. The van der Waals surface area contributed by atoms with Gasteiger partial charge in [-0.1, -0.05) is 0 Å². The van der Waals surface area contributed by atoms with Gasteiger partial charge in [0.2, 0.25) is 0 Å². The number of aliphatic imine (C=N–C) groups is 1. The fourth-order valence-electron chi connectivity index (χ4n) is 0.733. The van der Waals surface area contributed by atoms with Gasteiger partial charge in [-0.3, -0.25) is 4.99 Å². The van der Waals surface area contributed by atoms with Crippen molar-refractivity contribution in [2.75, 3.05) is 18.3 Å². The molecule has 58 valence electrons. The number of alkyl halides is 1. The SMILES string of the molecule is COCS1(CCl)C=CN=C1. The van der Waals surface area contributed by atoms with Crippen LogP contribution in [0.5, 0.6) is 0 Å². The van der Waals surface area contributed by atoms with Crippen molar-refractivity contribution in [2.24, 2.45) is 4.99 Å². The van der Waals surface area contributed by atoms with Crippen LogP contribution in [0.15, 0.2) is 16.6 Å². The van der Waals surface area contributed by atoms with Gasteiger partial charge in [-0.25, -0.2) is 0 Å². The summed E-state index contributed by atoms with van der Waals surface area (Å²) in [6.07, 6.45) is 1.79. The first-order valence-electron chi connectivity index (χ1n) is 2.86. The molecule has 0 aromatic carbocycles. The minimum Gasteiger partial charge on any atom is -0.375 e. The first kappa shape index (κ1) is 8.11. The first-order chi connectivity index (χ1) is 4.83. The van der Waals surface area contributed by atoms with E-state index < -0.39 is 10.0 Å². The summed E-state index contributed by atoms with van der Waals surface area (Å²) in [5.74, 6) is 0.691. The van der Waals surface area contributed by atoms with E-state index in [9.17, 15) is 0 Å². The molecule has 1 rings (SSSR count). The highest BCUT2D eigenvalue weighted by molar-refractivity contribution is 8.46. The number of rotatable bonds is 3. The van der Waals surface area contributed by atoms with Crippen molar-refractivity contribution in [1.29, 1.82) is 0 Å². The average molecular weight is 180 g/mol. The summed E-state index contributed by atoms with van der Waals surface area (Å²) in [5, 5.41) is 2.66. The lowest BCUT2D eigenvalue weighted by Gasteiger charge is -2.25. The molecule has 0 N–H and O–H groups in total. The quantitative estimate of drug-likeness (QED) is 0.609. The van der Waals surface area contributed by atoms with Crippen molar-refractivity contribution in [1.82, 2.24) is 0 Å². The Morgan fingerprint density at radius 3 is 2.90 bits per heavy atom. The molecule has 0 saturated heterocycles. The minimum atomic E-state index is -0.978. The molecule has 1 aliphatic rings. The predicted molar refractivity (Wildman–Crippen MR) is 47.8 cm³/mol. The van der Waals surface area contributed by atoms with Crippen LogP contribution in [0.3, 0.4) is 0 Å². The Hall–Kier alpha value is 0.01000. The fraction of sp³-hybridized carbons (Fsp3) is 0.500. The number of hydrogen-bond acceptors (Lipinski definition) is 2. The maximum Gasteiger partial charge on any atom is 0.0854 e. The number of methoxy groups -OCH3 is 1. The number of ether oxygens (including phenoxy) is 1. The summed E-state index contributed by atoms with van der Waals surface area (Å²) in [6, 6.07) is 0. The first-order valence-corrected chi connectivity index (χ1v) is 5.49. The Bertz CT molecular complexity index is 157. The smallest absolute Gasteiger partial charge is 0.0854 e. The molecule has 0 aromatic rings. The second-order valence-electron chi connectivity index (χ2n) is 2.06. The van der Waals surface area contributed by atoms with E-state index in [0.29, 0.717) is 11.2 Å². The van der Waals surface area contributed by atoms with Crippen molar-refractivity contribution < 1.29 is 4.74 Å². The predicted octanol–water partition coefficient (Wildman–Crippen LogP) is 2.10. The maximum absolute atomic E-state index is 5.76. The molecule has 0 aromatic heterocycles. The zero-order valence-corrected chi connectivity index (χ0v) is 7.36. The second kappa shape index (κ2) is 3.42. The minimum absolute atomic E-state index is 0.612. The van der Waals surface area contributed by atoms with Crippen LogP contribution >= 0.6 is 21.6 Å². The lowest BCUT2D eigenvalue weighted by molar-refractivity contribution is 0.257. The third-order valence-electron chi connectivity index (χ3n) is 1.23. The van der Waals surface area contributed by atoms with Crippen molar-refractivity contribution in [3.05, 3.63) is 11.6 Å². The average Bonchev–Trinajstić information content (AvgIpc) is 2.39. The van der Waals surface area contributed by atoms with E-state index in [0.717, 1.165) is 0 Å². The van der Waals surface area contributed by atoms with Crippen LogP contribution in [-0.2, 0) is 4.74 Å². The van der Waals surface area contributed by atoms with E-state index in [1.165, 1.54) is 0 Å². The van der Waals surface area contributed by atoms with Crippen LogP contribution in [0.1, 0.15) is 0 Å². The normalized spacial score (nSPS) is 36.2. The van der Waals surface area contributed by atoms with Crippen LogP contribution in [0.4, 0.5) is 0 Å². The third kappa shape index (κ3) is 1.54. The molecule has 4 heteroatoms. The molecule has 0 spiro atoms. The van der Waals surface area contributed by atoms with Crippen molar-refractivity contribution in [3.63, 3.8) is 0 Å². The van der Waals surface area contributed by atoms with E-state index in [2.05, 4.69) is 4.99 Å². The lowest BCUT2D eigenvalue weighted by Crippen LogP contribution is -2.04. The Morgan fingerprint density at radius 1 is 1.70 bits per heavy atom. The molecule has 1 aliphatic heterocycles. The molecule has 0 fully saturated rings. The standard InChI is InChI=1S/C6H10ClNOS/c1-9-6-10(4-7)3-2-8-5-10/h2-3,5H,4,6H2,1H3. The van der Waals surface area contributed by atoms with Gasteiger partial charge in [0.05, 0.1) is 11.2 Å². The Kier molecular flexibility index (Phi) is 2.77. The van der Waals surface area contributed by atoms with Gasteiger partial charge in [-0.15, -0.1) is 21.6 Å². The van der Waals surface area contributed by atoms with Gasteiger partial charge in [0, 0.05) is 18.9 Å². The fourth-order valence-corrected chi connectivity index (χ4v) is 2.78. The summed E-state index contributed by atoms with van der Waals surface area (Å²) >= 11 is 5.76. The highest BCUT2D eigenvalue weighted by Crippen LogP contribution is 2.49. The van der Waals surface area contributed by atoms with Gasteiger partial charge in [0.1, 0.15) is 0 Å². The third-order valence-corrected chi connectivity index (χ3v) is 4.73. The number of nitrogens with zero attached hydrogens (tertiary/aromatic N) is 1. The van der Waals surface area contributed by atoms with Crippen molar-refractivity contribution >= 4 is 27.2 Å². The molecule has 0 amide bonds. The van der Waals surface area contributed by atoms with Crippen LogP contribution in [-0.4, -0.2) is 23.8 Å². The van der Waals surface area contributed by atoms with Gasteiger partial charge >= 0.3 is 0 Å². The molecule has 10 heavy (non-hydrogen) atoms. The Morgan fingerprint density at radius 2 is 2.50 bits per heavy atom. The second-order valence-corrected chi connectivity index (χ2v) is 5.67. The topological polar surface area (TPSA) is 21.6 Å². The van der Waals surface area contributed by atoms with Gasteiger partial charge < -0.3 is 4.74 Å². The largest absolute Gasteiger partial charge is 0.375 e. The summed E-state index contributed by atoms with van der Waals surface area (Å²) in [6.45, 7) is 0. The van der Waals surface area contributed by atoms with Gasteiger partial charge in [0.25, 0.3) is 0 Å². The monoisotopic (exact) mass is 179 g/mol. The summed E-state index contributed by atoms with van der Waals surface area (Å²) < 4.78 is 5.03. The molecule has 0 radical (unpaired) electrons. The van der Waals surface area contributed by atoms with E-state index in [1.54, 1.807) is 13.3 Å². The summed E-state index contributed by atoms with van der Waals surface area (Å²) in [5.41, 5.74) is 1.91. The van der Waals surface area contributed by atoms with E-state index in [4.69, 9.17) is 16.3 Å². The van der Waals surface area contributed by atoms with Gasteiger partial charge in [0.15, 0.2) is 0 Å². The molecule has 0 aliphatic carbocycles. The zero-order chi connectivity index (χ0) is 7.45. The molecular weight excluding hydrogens is 170 g/mol. The summed E-state index contributed by atoms with van der Waals surface area (Å²) in [7, 11) is 0.704. The van der Waals surface area contributed by atoms with Crippen molar-refractivity contribution in [3.8, 4) is 0 Å². The lowest BCUT2D eigenvalue weighted by atomic mass is 11.1. The maximum atomic E-state index is 5.76. The molecule has 1 heterocycles. The summed E-state index contributed by atoms with van der Waals surface area (Å²) in [4.78, 5) is 3.99. The van der Waals surface area contributed by atoms with Crippen LogP contribution in [0.25, 0.3) is 0 Å². The highest BCUT2D eigenvalue weighted by Gasteiger charge is 2.19. The Labute approximate surface area is 67.2 Å². The van der Waals surface area contributed by atoms with Crippen molar-refractivity contribution in [2.45, 2.75) is 0 Å². The molecule has 1 unspecified atom stereocenters. The molecule has 0 saturated carbocycles. The van der Waals surface area contributed by atoms with E-state index in [-0.39, 0.29) is 0 Å². The number of halogens is 1. The molecular formula is C6H10ClNOS. The van der Waals surface area contributed by atoms with Gasteiger partial charge in [-0.05, 0) is 5.41 Å². The van der Waals surface area contributed by atoms with Gasteiger partial charge in [-0.2, -0.15) is 0 Å². The van der Waals surface area contributed by atoms with Crippen LogP contribution < -0.4 is 0 Å².